The zero-order chi connectivity index (χ0) is 16.8. The maximum Gasteiger partial charge on any atom is 0.311 e. The van der Waals surface area contributed by atoms with Gasteiger partial charge in [-0.2, -0.15) is 0 Å². The number of fused-ring (bicyclic) bond motifs is 3. The lowest BCUT2D eigenvalue weighted by Gasteiger charge is -2.49. The van der Waals surface area contributed by atoms with Gasteiger partial charge in [-0.15, -0.1) is 0 Å². The minimum absolute atomic E-state index is 0.529. The highest BCUT2D eigenvalue weighted by molar-refractivity contribution is 5.81. The predicted molar refractivity (Wildman–Crippen MR) is 86.5 cm³/mol. The Morgan fingerprint density at radius 3 is 2.04 bits per heavy atom. The van der Waals surface area contributed by atoms with E-state index in [2.05, 4.69) is 0 Å². The van der Waals surface area contributed by atoms with Crippen LogP contribution in [0.5, 0.6) is 0 Å². The molecule has 3 unspecified atom stereocenters. The fourth-order valence-corrected chi connectivity index (χ4v) is 3.66. The van der Waals surface area contributed by atoms with Crippen molar-refractivity contribution >= 4 is 5.97 Å². The second-order valence-electron chi connectivity index (χ2n) is 6.17. The van der Waals surface area contributed by atoms with Gasteiger partial charge in [0.25, 0.3) is 0 Å². The van der Waals surface area contributed by atoms with E-state index in [1.54, 1.807) is 32.0 Å². The number of rotatable bonds is 2. The number of esters is 1. The number of hydrogen-bond acceptors (Lipinski definition) is 4. The van der Waals surface area contributed by atoms with Crippen LogP contribution in [-0.4, -0.2) is 23.3 Å². The third kappa shape index (κ3) is 1.95. The summed E-state index contributed by atoms with van der Waals surface area (Å²) in [5.41, 5.74) is -0.627. The van der Waals surface area contributed by atoms with Crippen molar-refractivity contribution in [1.82, 2.24) is 0 Å². The van der Waals surface area contributed by atoms with E-state index in [0.717, 1.165) is 11.1 Å². The Hall–Kier alpha value is -2.17. The molecule has 0 spiro atoms. The smallest absolute Gasteiger partial charge is 0.311 e. The predicted octanol–water partition coefficient (Wildman–Crippen LogP) is 2.57. The molecule has 2 aromatic rings. The fraction of sp³-hybridized carbons (Fsp3) is 0.316. The van der Waals surface area contributed by atoms with E-state index in [9.17, 15) is 15.0 Å². The van der Waals surface area contributed by atoms with Gasteiger partial charge < -0.3 is 14.9 Å². The summed E-state index contributed by atoms with van der Waals surface area (Å²) in [6.45, 7) is 3.12. The van der Waals surface area contributed by atoms with Crippen molar-refractivity contribution in [2.75, 3.05) is 7.11 Å². The summed E-state index contributed by atoms with van der Waals surface area (Å²) < 4.78 is 4.82. The number of methoxy groups -OCH3 is 1. The molecule has 4 heteroatoms. The van der Waals surface area contributed by atoms with Crippen LogP contribution < -0.4 is 0 Å². The number of hydrogen-bond donors (Lipinski definition) is 2. The topological polar surface area (TPSA) is 66.8 Å². The maximum absolute atomic E-state index is 12.1. The van der Waals surface area contributed by atoms with Crippen molar-refractivity contribution < 1.29 is 19.7 Å². The standard InChI is InChI=1S/C19H20O4/c1-12(17(20)23-3)19(22)16-11-7-5-9-14(16)13-8-4-6-10-15(13)18(19,2)21/h4-12,21-22H,1-3H3. The number of aliphatic hydroxyl groups is 2. The molecule has 120 valence electrons. The number of carbonyl (C=O) groups is 1. The van der Waals surface area contributed by atoms with Crippen LogP contribution in [0.15, 0.2) is 48.5 Å². The van der Waals surface area contributed by atoms with Gasteiger partial charge in [0.1, 0.15) is 11.2 Å². The molecule has 1 aliphatic carbocycles. The molecule has 0 saturated heterocycles. The second kappa shape index (κ2) is 5.18. The van der Waals surface area contributed by atoms with Gasteiger partial charge in [0.15, 0.2) is 0 Å². The molecule has 4 nitrogen and oxygen atoms in total. The monoisotopic (exact) mass is 312 g/mol. The molecular weight excluding hydrogens is 292 g/mol. The van der Waals surface area contributed by atoms with Crippen LogP contribution in [0, 0.1) is 5.92 Å². The highest BCUT2D eigenvalue weighted by Crippen LogP contribution is 2.54. The van der Waals surface area contributed by atoms with Crippen molar-refractivity contribution in [3.63, 3.8) is 0 Å². The fourth-order valence-electron chi connectivity index (χ4n) is 3.66. The number of ether oxygens (including phenoxy) is 1. The third-order valence-electron chi connectivity index (χ3n) is 5.00. The van der Waals surface area contributed by atoms with Crippen LogP contribution >= 0.6 is 0 Å². The molecule has 2 N–H and O–H groups in total. The first-order valence-corrected chi connectivity index (χ1v) is 7.57. The first-order valence-electron chi connectivity index (χ1n) is 7.57. The third-order valence-corrected chi connectivity index (χ3v) is 5.00. The van der Waals surface area contributed by atoms with Crippen LogP contribution in [0.3, 0.4) is 0 Å². The lowest BCUT2D eigenvalue weighted by Crippen LogP contribution is -2.56. The molecular formula is C19H20O4. The summed E-state index contributed by atoms with van der Waals surface area (Å²) in [5.74, 6) is -1.50. The second-order valence-corrected chi connectivity index (χ2v) is 6.17. The van der Waals surface area contributed by atoms with Gasteiger partial charge in [-0.3, -0.25) is 4.79 Å². The molecule has 0 aromatic heterocycles. The van der Waals surface area contributed by atoms with Gasteiger partial charge in [0.05, 0.1) is 13.0 Å². The molecule has 0 bridgehead atoms. The van der Waals surface area contributed by atoms with E-state index in [1.165, 1.54) is 7.11 Å². The van der Waals surface area contributed by atoms with Crippen LogP contribution in [-0.2, 0) is 20.7 Å². The van der Waals surface area contributed by atoms with Crippen molar-refractivity contribution in [1.29, 1.82) is 0 Å². The molecule has 3 rings (SSSR count). The quantitative estimate of drug-likeness (QED) is 0.837. The zero-order valence-corrected chi connectivity index (χ0v) is 13.4. The summed E-state index contributed by atoms with van der Waals surface area (Å²) >= 11 is 0. The van der Waals surface area contributed by atoms with Gasteiger partial charge >= 0.3 is 5.97 Å². The van der Waals surface area contributed by atoms with Crippen molar-refractivity contribution in [3.05, 3.63) is 59.7 Å². The Kier molecular flexibility index (Phi) is 3.54. The minimum atomic E-state index is -1.79. The first kappa shape index (κ1) is 15.7. The van der Waals surface area contributed by atoms with Crippen LogP contribution in [0.25, 0.3) is 11.1 Å². The SMILES string of the molecule is COC(=O)C(C)C1(O)c2ccccc2-c2ccccc2C1(C)O. The van der Waals surface area contributed by atoms with Gasteiger partial charge in [-0.25, -0.2) is 0 Å². The molecule has 1 aliphatic rings. The van der Waals surface area contributed by atoms with E-state index in [4.69, 9.17) is 4.74 Å². The molecule has 2 aromatic carbocycles. The summed E-state index contributed by atoms with van der Waals surface area (Å²) in [6.07, 6.45) is 0. The van der Waals surface area contributed by atoms with Gasteiger partial charge in [0.2, 0.25) is 0 Å². The number of benzene rings is 2. The van der Waals surface area contributed by atoms with Crippen molar-refractivity contribution in [2.45, 2.75) is 25.0 Å². The van der Waals surface area contributed by atoms with Crippen molar-refractivity contribution in [2.24, 2.45) is 5.92 Å². The Labute approximate surface area is 135 Å². The van der Waals surface area contributed by atoms with Crippen LogP contribution in [0.1, 0.15) is 25.0 Å². The maximum atomic E-state index is 12.1. The molecule has 0 amide bonds. The Morgan fingerprint density at radius 2 is 1.48 bits per heavy atom. The van der Waals surface area contributed by atoms with Gasteiger partial charge in [-0.1, -0.05) is 48.5 Å². The van der Waals surface area contributed by atoms with Crippen LogP contribution in [0.4, 0.5) is 0 Å². The van der Waals surface area contributed by atoms with E-state index in [1.807, 2.05) is 30.3 Å². The highest BCUT2D eigenvalue weighted by atomic mass is 16.5. The lowest BCUT2D eigenvalue weighted by atomic mass is 9.61. The molecule has 0 aliphatic heterocycles. The largest absolute Gasteiger partial charge is 0.469 e. The minimum Gasteiger partial charge on any atom is -0.469 e. The molecule has 0 fully saturated rings. The van der Waals surface area contributed by atoms with E-state index in [0.29, 0.717) is 11.1 Å². The van der Waals surface area contributed by atoms with E-state index in [-0.39, 0.29) is 0 Å². The van der Waals surface area contributed by atoms with Crippen molar-refractivity contribution in [3.8, 4) is 11.1 Å². The van der Waals surface area contributed by atoms with E-state index < -0.39 is 23.1 Å². The summed E-state index contributed by atoms with van der Waals surface area (Å²) in [7, 11) is 1.28. The average Bonchev–Trinajstić information content (AvgIpc) is 2.58. The van der Waals surface area contributed by atoms with E-state index >= 15 is 0 Å². The molecule has 0 heterocycles. The summed E-state index contributed by atoms with van der Waals surface area (Å²) in [4.78, 5) is 12.1. The summed E-state index contributed by atoms with van der Waals surface area (Å²) in [5, 5.41) is 22.8. The number of carbonyl (C=O) groups excluding carboxylic acids is 1. The molecule has 0 radical (unpaired) electrons. The summed E-state index contributed by atoms with van der Waals surface area (Å²) in [6, 6.07) is 14.7. The molecule has 3 atom stereocenters. The Morgan fingerprint density at radius 1 is 1.00 bits per heavy atom. The average molecular weight is 312 g/mol. The zero-order valence-electron chi connectivity index (χ0n) is 13.4. The van der Waals surface area contributed by atoms with Gasteiger partial charge in [0, 0.05) is 0 Å². The first-order chi connectivity index (χ1) is 10.9. The van der Waals surface area contributed by atoms with Crippen LogP contribution in [0.2, 0.25) is 0 Å². The van der Waals surface area contributed by atoms with Gasteiger partial charge in [-0.05, 0) is 36.1 Å². The highest BCUT2D eigenvalue weighted by Gasteiger charge is 2.58. The Balaban J connectivity index is 2.36. The lowest BCUT2D eigenvalue weighted by molar-refractivity contribution is -0.199. The molecule has 0 saturated carbocycles. The Bertz CT molecular complexity index is 765. The normalized spacial score (nSPS) is 26.8. The molecule has 23 heavy (non-hydrogen) atoms.